The maximum absolute atomic E-state index is 8.75. The molecule has 1 aromatic carbocycles. The SMILES string of the molecule is N#Cc1ccc(C2CCc3[nH]ncc32)cc1. The third-order valence-corrected chi connectivity index (χ3v) is 3.25. The Hall–Kier alpha value is -2.08. The molecule has 1 aliphatic rings. The minimum Gasteiger partial charge on any atom is -0.282 e. The molecule has 1 heterocycles. The van der Waals surface area contributed by atoms with Gasteiger partial charge < -0.3 is 0 Å². The van der Waals surface area contributed by atoms with E-state index in [9.17, 15) is 0 Å². The number of nitriles is 1. The van der Waals surface area contributed by atoms with Gasteiger partial charge in [0.1, 0.15) is 0 Å². The number of benzene rings is 1. The van der Waals surface area contributed by atoms with Crippen LogP contribution in [0.25, 0.3) is 0 Å². The zero-order valence-corrected chi connectivity index (χ0v) is 8.77. The van der Waals surface area contributed by atoms with Gasteiger partial charge in [-0.3, -0.25) is 5.10 Å². The van der Waals surface area contributed by atoms with Crippen molar-refractivity contribution in [3.63, 3.8) is 0 Å². The topological polar surface area (TPSA) is 52.5 Å². The molecule has 1 atom stereocenters. The van der Waals surface area contributed by atoms with Gasteiger partial charge in [-0.1, -0.05) is 12.1 Å². The molecule has 1 aromatic heterocycles. The Morgan fingerprint density at radius 3 is 2.88 bits per heavy atom. The fraction of sp³-hybridized carbons (Fsp3) is 0.231. The quantitative estimate of drug-likeness (QED) is 0.783. The van der Waals surface area contributed by atoms with Crippen molar-refractivity contribution in [2.45, 2.75) is 18.8 Å². The monoisotopic (exact) mass is 209 g/mol. The van der Waals surface area contributed by atoms with Crippen LogP contribution in [0.2, 0.25) is 0 Å². The lowest BCUT2D eigenvalue weighted by molar-refractivity contribution is 0.770. The summed E-state index contributed by atoms with van der Waals surface area (Å²) in [6.07, 6.45) is 4.13. The first-order chi connectivity index (χ1) is 7.88. The Morgan fingerprint density at radius 1 is 1.31 bits per heavy atom. The van der Waals surface area contributed by atoms with Gasteiger partial charge in [-0.05, 0) is 30.5 Å². The van der Waals surface area contributed by atoms with Crippen molar-refractivity contribution in [3.8, 4) is 6.07 Å². The molecule has 0 saturated heterocycles. The second-order valence-electron chi connectivity index (χ2n) is 4.13. The number of aryl methyl sites for hydroxylation is 1. The van der Waals surface area contributed by atoms with Crippen molar-refractivity contribution in [3.05, 3.63) is 52.8 Å². The molecule has 3 rings (SSSR count). The molecule has 0 saturated carbocycles. The van der Waals surface area contributed by atoms with Crippen LogP contribution in [0.3, 0.4) is 0 Å². The molecular weight excluding hydrogens is 198 g/mol. The normalized spacial score (nSPS) is 18.1. The number of aromatic nitrogens is 2. The van der Waals surface area contributed by atoms with Crippen molar-refractivity contribution in [2.24, 2.45) is 0 Å². The summed E-state index contributed by atoms with van der Waals surface area (Å²) in [6.45, 7) is 0. The van der Waals surface area contributed by atoms with Crippen LogP contribution in [0.5, 0.6) is 0 Å². The molecule has 16 heavy (non-hydrogen) atoms. The molecule has 78 valence electrons. The van der Waals surface area contributed by atoms with E-state index in [-0.39, 0.29) is 0 Å². The van der Waals surface area contributed by atoms with Crippen molar-refractivity contribution in [1.82, 2.24) is 10.2 Å². The first kappa shape index (κ1) is 9.17. The highest BCUT2D eigenvalue weighted by molar-refractivity contribution is 5.40. The summed E-state index contributed by atoms with van der Waals surface area (Å²) in [5.74, 6) is 0.446. The van der Waals surface area contributed by atoms with E-state index in [2.05, 4.69) is 16.3 Å². The fourth-order valence-corrected chi connectivity index (χ4v) is 2.40. The molecular formula is C13H11N3. The molecule has 0 radical (unpaired) electrons. The smallest absolute Gasteiger partial charge is 0.0991 e. The highest BCUT2D eigenvalue weighted by Crippen LogP contribution is 2.36. The van der Waals surface area contributed by atoms with Crippen LogP contribution >= 0.6 is 0 Å². The van der Waals surface area contributed by atoms with Crippen molar-refractivity contribution < 1.29 is 0 Å². The van der Waals surface area contributed by atoms with Gasteiger partial charge in [0.25, 0.3) is 0 Å². The van der Waals surface area contributed by atoms with Gasteiger partial charge in [0.2, 0.25) is 0 Å². The second-order valence-corrected chi connectivity index (χ2v) is 4.13. The van der Waals surface area contributed by atoms with E-state index in [1.165, 1.54) is 16.8 Å². The van der Waals surface area contributed by atoms with Crippen molar-refractivity contribution in [2.75, 3.05) is 0 Å². The van der Waals surface area contributed by atoms with Crippen LogP contribution in [-0.2, 0) is 6.42 Å². The Kier molecular flexibility index (Phi) is 2.00. The molecule has 3 heteroatoms. The zero-order chi connectivity index (χ0) is 11.0. The van der Waals surface area contributed by atoms with Crippen LogP contribution in [0.1, 0.15) is 34.7 Å². The highest BCUT2D eigenvalue weighted by atomic mass is 15.1. The number of nitrogens with zero attached hydrogens (tertiary/aromatic N) is 2. The summed E-state index contributed by atoms with van der Waals surface area (Å²) in [6, 6.07) is 10.00. The minimum atomic E-state index is 0.446. The number of aromatic amines is 1. The Balaban J connectivity index is 1.97. The van der Waals surface area contributed by atoms with Crippen molar-refractivity contribution >= 4 is 0 Å². The van der Waals surface area contributed by atoms with Gasteiger partial charge >= 0.3 is 0 Å². The van der Waals surface area contributed by atoms with Gasteiger partial charge in [-0.2, -0.15) is 10.4 Å². The number of rotatable bonds is 1. The number of hydrogen-bond acceptors (Lipinski definition) is 2. The molecule has 0 fully saturated rings. The van der Waals surface area contributed by atoms with E-state index >= 15 is 0 Å². The Bertz CT molecular complexity index is 545. The summed E-state index contributed by atoms with van der Waals surface area (Å²) in [4.78, 5) is 0. The van der Waals surface area contributed by atoms with E-state index in [4.69, 9.17) is 5.26 Å². The maximum atomic E-state index is 8.75. The average Bonchev–Trinajstić information content (AvgIpc) is 2.91. The lowest BCUT2D eigenvalue weighted by atomic mass is 9.94. The second kappa shape index (κ2) is 3.49. The molecule has 2 aromatic rings. The first-order valence-corrected chi connectivity index (χ1v) is 5.40. The summed E-state index contributed by atoms with van der Waals surface area (Å²) in [5, 5.41) is 15.9. The molecule has 0 bridgehead atoms. The molecule has 0 spiro atoms. The molecule has 1 N–H and O–H groups in total. The van der Waals surface area contributed by atoms with Gasteiger partial charge in [0, 0.05) is 17.2 Å². The van der Waals surface area contributed by atoms with E-state index in [1.807, 2.05) is 30.5 Å². The fourth-order valence-electron chi connectivity index (χ4n) is 2.40. The van der Waals surface area contributed by atoms with E-state index in [0.29, 0.717) is 11.5 Å². The van der Waals surface area contributed by atoms with E-state index < -0.39 is 0 Å². The maximum Gasteiger partial charge on any atom is 0.0991 e. The lowest BCUT2D eigenvalue weighted by Crippen LogP contribution is -1.95. The number of nitrogens with one attached hydrogen (secondary N) is 1. The molecule has 1 unspecified atom stereocenters. The van der Waals surface area contributed by atoms with E-state index in [0.717, 1.165) is 12.8 Å². The predicted octanol–water partition coefficient (Wildman–Crippen LogP) is 2.36. The Morgan fingerprint density at radius 2 is 2.12 bits per heavy atom. The molecule has 1 aliphatic carbocycles. The van der Waals surface area contributed by atoms with Crippen LogP contribution < -0.4 is 0 Å². The number of H-pyrrole nitrogens is 1. The predicted molar refractivity (Wildman–Crippen MR) is 59.9 cm³/mol. The summed E-state index contributed by atoms with van der Waals surface area (Å²) < 4.78 is 0. The summed E-state index contributed by atoms with van der Waals surface area (Å²) >= 11 is 0. The summed E-state index contributed by atoms with van der Waals surface area (Å²) in [7, 11) is 0. The minimum absolute atomic E-state index is 0.446. The first-order valence-electron chi connectivity index (χ1n) is 5.40. The standard InChI is InChI=1S/C13H11N3/c14-7-9-1-3-10(4-2-9)11-5-6-13-12(11)8-15-16-13/h1-4,8,11H,5-6H2,(H,15,16). The van der Waals surface area contributed by atoms with Crippen LogP contribution in [0.4, 0.5) is 0 Å². The molecule has 0 aliphatic heterocycles. The summed E-state index contributed by atoms with van der Waals surface area (Å²) in [5.41, 5.74) is 4.56. The number of fused-ring (bicyclic) bond motifs is 1. The highest BCUT2D eigenvalue weighted by Gasteiger charge is 2.25. The van der Waals surface area contributed by atoms with Crippen LogP contribution in [0.15, 0.2) is 30.5 Å². The van der Waals surface area contributed by atoms with Gasteiger partial charge in [-0.25, -0.2) is 0 Å². The van der Waals surface area contributed by atoms with Crippen LogP contribution in [0, 0.1) is 11.3 Å². The van der Waals surface area contributed by atoms with E-state index in [1.54, 1.807) is 0 Å². The van der Waals surface area contributed by atoms with Gasteiger partial charge in [0.15, 0.2) is 0 Å². The number of hydrogen-bond donors (Lipinski definition) is 1. The average molecular weight is 209 g/mol. The third-order valence-electron chi connectivity index (χ3n) is 3.25. The van der Waals surface area contributed by atoms with Crippen molar-refractivity contribution in [1.29, 1.82) is 5.26 Å². The molecule has 0 amide bonds. The lowest BCUT2D eigenvalue weighted by Gasteiger charge is -2.09. The Labute approximate surface area is 93.7 Å². The largest absolute Gasteiger partial charge is 0.282 e. The molecule has 3 nitrogen and oxygen atoms in total. The van der Waals surface area contributed by atoms with Gasteiger partial charge in [-0.15, -0.1) is 0 Å². The zero-order valence-electron chi connectivity index (χ0n) is 8.77. The van der Waals surface area contributed by atoms with Crippen LogP contribution in [-0.4, -0.2) is 10.2 Å². The third kappa shape index (κ3) is 1.31. The van der Waals surface area contributed by atoms with Gasteiger partial charge in [0.05, 0.1) is 17.8 Å².